The Morgan fingerprint density at radius 2 is 1.72 bits per heavy atom. The number of benzene rings is 1. The Morgan fingerprint density at radius 3 is 2.36 bits per heavy atom. The molecule has 1 aromatic rings. The first-order valence-corrected chi connectivity index (χ1v) is 10.9. The standard InChI is InChI=1S/C19H28N2O3S/c20-25(23,24)17-11-8-15(9-12-17)10-13-19(22)21-14-4-7-18(21)16-5-2-1-3-6-16/h8-9,11-12,16,18H,1-7,10,13-14H2,(H2,20,23,24)/t18-/m1/s1. The van der Waals surface area contributed by atoms with Gasteiger partial charge in [0.25, 0.3) is 0 Å². The van der Waals surface area contributed by atoms with Crippen molar-refractivity contribution in [3.8, 4) is 0 Å². The number of aryl methyl sites for hydroxylation is 1. The van der Waals surface area contributed by atoms with Gasteiger partial charge >= 0.3 is 0 Å². The van der Waals surface area contributed by atoms with Crippen molar-refractivity contribution in [2.24, 2.45) is 11.1 Å². The molecule has 1 aromatic carbocycles. The van der Waals surface area contributed by atoms with Gasteiger partial charge in [0, 0.05) is 19.0 Å². The van der Waals surface area contributed by atoms with E-state index in [2.05, 4.69) is 4.90 Å². The van der Waals surface area contributed by atoms with Crippen LogP contribution in [0, 0.1) is 5.92 Å². The van der Waals surface area contributed by atoms with Gasteiger partial charge in [0.15, 0.2) is 0 Å². The molecule has 1 atom stereocenters. The number of primary sulfonamides is 1. The molecule has 6 heteroatoms. The van der Waals surface area contributed by atoms with Crippen molar-refractivity contribution >= 4 is 15.9 Å². The lowest BCUT2D eigenvalue weighted by Gasteiger charge is -2.34. The molecule has 138 valence electrons. The van der Waals surface area contributed by atoms with Crippen LogP contribution in [0.3, 0.4) is 0 Å². The number of hydrogen-bond donors (Lipinski definition) is 1. The van der Waals surface area contributed by atoms with E-state index in [1.807, 2.05) is 0 Å². The minimum absolute atomic E-state index is 0.111. The fourth-order valence-corrected chi connectivity index (χ4v) is 4.87. The summed E-state index contributed by atoms with van der Waals surface area (Å²) < 4.78 is 22.6. The molecule has 1 heterocycles. The monoisotopic (exact) mass is 364 g/mol. The van der Waals surface area contributed by atoms with Crippen LogP contribution in [0.15, 0.2) is 29.2 Å². The van der Waals surface area contributed by atoms with Crippen LogP contribution in [0.25, 0.3) is 0 Å². The van der Waals surface area contributed by atoms with Gasteiger partial charge in [-0.05, 0) is 55.7 Å². The SMILES string of the molecule is NS(=O)(=O)c1ccc(CCC(=O)N2CCC[C@@H]2C2CCCCC2)cc1. The van der Waals surface area contributed by atoms with E-state index < -0.39 is 10.0 Å². The summed E-state index contributed by atoms with van der Waals surface area (Å²) in [6, 6.07) is 6.95. The van der Waals surface area contributed by atoms with E-state index in [1.54, 1.807) is 12.1 Å². The van der Waals surface area contributed by atoms with Crippen molar-refractivity contribution in [2.45, 2.75) is 68.7 Å². The first kappa shape index (κ1) is 18.4. The summed E-state index contributed by atoms with van der Waals surface area (Å²) in [7, 11) is -3.66. The molecular formula is C19H28N2O3S. The minimum Gasteiger partial charge on any atom is -0.339 e. The van der Waals surface area contributed by atoms with Crippen LogP contribution in [-0.2, 0) is 21.2 Å². The molecule has 1 saturated carbocycles. The molecule has 0 bridgehead atoms. The molecule has 0 spiro atoms. The number of rotatable bonds is 5. The molecule has 2 fully saturated rings. The number of hydrogen-bond acceptors (Lipinski definition) is 3. The third-order valence-corrected chi connectivity index (χ3v) is 6.62. The fourth-order valence-electron chi connectivity index (χ4n) is 4.35. The van der Waals surface area contributed by atoms with E-state index in [9.17, 15) is 13.2 Å². The number of carbonyl (C=O) groups excluding carboxylic acids is 1. The van der Waals surface area contributed by atoms with Crippen molar-refractivity contribution in [2.75, 3.05) is 6.54 Å². The molecule has 0 aromatic heterocycles. The predicted octanol–water partition coefficient (Wildman–Crippen LogP) is 2.84. The second-order valence-electron chi connectivity index (χ2n) is 7.38. The maximum Gasteiger partial charge on any atom is 0.238 e. The molecule has 2 aliphatic rings. The van der Waals surface area contributed by atoms with Crippen LogP contribution < -0.4 is 5.14 Å². The second kappa shape index (κ2) is 7.87. The van der Waals surface area contributed by atoms with Gasteiger partial charge in [0.05, 0.1) is 4.90 Å². The Labute approximate surface area is 150 Å². The predicted molar refractivity (Wildman–Crippen MR) is 97.4 cm³/mol. The first-order valence-electron chi connectivity index (χ1n) is 9.36. The van der Waals surface area contributed by atoms with E-state index in [0.29, 0.717) is 24.8 Å². The third-order valence-electron chi connectivity index (χ3n) is 5.69. The Hall–Kier alpha value is -1.40. The molecule has 1 aliphatic heterocycles. The molecular weight excluding hydrogens is 336 g/mol. The molecule has 25 heavy (non-hydrogen) atoms. The molecule has 3 rings (SSSR count). The van der Waals surface area contributed by atoms with Gasteiger partial charge in [-0.2, -0.15) is 0 Å². The Morgan fingerprint density at radius 1 is 1.04 bits per heavy atom. The number of amides is 1. The van der Waals surface area contributed by atoms with Gasteiger partial charge < -0.3 is 4.90 Å². The van der Waals surface area contributed by atoms with E-state index in [0.717, 1.165) is 24.9 Å². The molecule has 0 radical (unpaired) electrons. The van der Waals surface area contributed by atoms with Crippen LogP contribution in [-0.4, -0.2) is 31.8 Å². The third kappa shape index (κ3) is 4.61. The van der Waals surface area contributed by atoms with Gasteiger partial charge in [-0.15, -0.1) is 0 Å². The zero-order valence-electron chi connectivity index (χ0n) is 14.7. The van der Waals surface area contributed by atoms with Gasteiger partial charge in [-0.25, -0.2) is 13.6 Å². The number of likely N-dealkylation sites (tertiary alicyclic amines) is 1. The molecule has 5 nitrogen and oxygen atoms in total. The lowest BCUT2D eigenvalue weighted by molar-refractivity contribution is -0.133. The van der Waals surface area contributed by atoms with Crippen LogP contribution in [0.4, 0.5) is 0 Å². The summed E-state index contributed by atoms with van der Waals surface area (Å²) in [5, 5.41) is 5.11. The first-order chi connectivity index (χ1) is 11.9. The maximum atomic E-state index is 12.7. The highest BCUT2D eigenvalue weighted by Gasteiger charge is 2.34. The Kier molecular flexibility index (Phi) is 5.79. The van der Waals surface area contributed by atoms with Crippen molar-refractivity contribution in [3.05, 3.63) is 29.8 Å². The van der Waals surface area contributed by atoms with E-state index in [-0.39, 0.29) is 10.8 Å². The van der Waals surface area contributed by atoms with E-state index >= 15 is 0 Å². The number of nitrogens with two attached hydrogens (primary N) is 1. The average Bonchev–Trinajstić information content (AvgIpc) is 3.10. The number of carbonyl (C=O) groups is 1. The highest BCUT2D eigenvalue weighted by molar-refractivity contribution is 7.89. The molecule has 1 amide bonds. The van der Waals surface area contributed by atoms with Crippen LogP contribution in [0.2, 0.25) is 0 Å². The highest BCUT2D eigenvalue weighted by atomic mass is 32.2. The number of sulfonamides is 1. The molecule has 1 saturated heterocycles. The van der Waals surface area contributed by atoms with Crippen molar-refractivity contribution in [1.29, 1.82) is 0 Å². The lowest BCUT2D eigenvalue weighted by atomic mass is 9.83. The lowest BCUT2D eigenvalue weighted by Crippen LogP contribution is -2.40. The Balaban J connectivity index is 1.56. The quantitative estimate of drug-likeness (QED) is 0.872. The smallest absolute Gasteiger partial charge is 0.238 e. The molecule has 2 N–H and O–H groups in total. The second-order valence-corrected chi connectivity index (χ2v) is 8.95. The molecule has 1 aliphatic carbocycles. The molecule has 0 unspecified atom stereocenters. The normalized spacial score (nSPS) is 22.3. The summed E-state index contributed by atoms with van der Waals surface area (Å²) in [4.78, 5) is 14.9. The Bertz CT molecular complexity index is 694. The van der Waals surface area contributed by atoms with Crippen LogP contribution >= 0.6 is 0 Å². The zero-order chi connectivity index (χ0) is 17.9. The van der Waals surface area contributed by atoms with Gasteiger partial charge in [0.2, 0.25) is 15.9 Å². The van der Waals surface area contributed by atoms with Crippen molar-refractivity contribution < 1.29 is 13.2 Å². The highest BCUT2D eigenvalue weighted by Crippen LogP contribution is 2.34. The van der Waals surface area contributed by atoms with Crippen LogP contribution in [0.1, 0.15) is 56.9 Å². The summed E-state index contributed by atoms with van der Waals surface area (Å²) in [5.74, 6) is 0.929. The average molecular weight is 365 g/mol. The summed E-state index contributed by atoms with van der Waals surface area (Å²) >= 11 is 0. The summed E-state index contributed by atoms with van der Waals surface area (Å²) in [6.45, 7) is 0.893. The van der Waals surface area contributed by atoms with Crippen molar-refractivity contribution in [1.82, 2.24) is 4.90 Å². The van der Waals surface area contributed by atoms with Crippen LogP contribution in [0.5, 0.6) is 0 Å². The zero-order valence-corrected chi connectivity index (χ0v) is 15.5. The fraction of sp³-hybridized carbons (Fsp3) is 0.632. The summed E-state index contributed by atoms with van der Waals surface area (Å²) in [5.41, 5.74) is 0.967. The van der Waals surface area contributed by atoms with Gasteiger partial charge in [-0.1, -0.05) is 31.4 Å². The maximum absolute atomic E-state index is 12.7. The van der Waals surface area contributed by atoms with Crippen molar-refractivity contribution in [3.63, 3.8) is 0 Å². The van der Waals surface area contributed by atoms with E-state index in [4.69, 9.17) is 5.14 Å². The van der Waals surface area contributed by atoms with Gasteiger partial charge in [0.1, 0.15) is 0 Å². The minimum atomic E-state index is -3.66. The van der Waals surface area contributed by atoms with E-state index in [1.165, 1.54) is 44.2 Å². The number of nitrogens with zero attached hydrogens (tertiary/aromatic N) is 1. The van der Waals surface area contributed by atoms with Gasteiger partial charge in [-0.3, -0.25) is 4.79 Å². The largest absolute Gasteiger partial charge is 0.339 e. The summed E-state index contributed by atoms with van der Waals surface area (Å²) in [6.07, 6.45) is 9.88. The topological polar surface area (TPSA) is 80.5 Å².